The van der Waals surface area contributed by atoms with Gasteiger partial charge in [0.2, 0.25) is 0 Å². The number of nitrogens with zero attached hydrogens (tertiary/aromatic N) is 2. The Bertz CT molecular complexity index is 553. The van der Waals surface area contributed by atoms with Crippen LogP contribution in [0.2, 0.25) is 5.15 Å². The molecule has 0 aliphatic heterocycles. The molecule has 0 fully saturated rings. The Balaban J connectivity index is 2.57. The minimum Gasteiger partial charge on any atom is -0.233 e. The molecule has 1 heterocycles. The smallest absolute Gasteiger partial charge is 0.161 e. The number of aryl methyl sites for hydroxylation is 3. The van der Waals surface area contributed by atoms with Gasteiger partial charge in [0.1, 0.15) is 5.15 Å². The van der Waals surface area contributed by atoms with Gasteiger partial charge in [0.05, 0.1) is 0 Å². The topological polar surface area (TPSA) is 25.8 Å². The van der Waals surface area contributed by atoms with Crippen LogP contribution in [0.5, 0.6) is 0 Å². The van der Waals surface area contributed by atoms with Crippen LogP contribution in [0.15, 0.2) is 18.2 Å². The van der Waals surface area contributed by atoms with E-state index in [2.05, 4.69) is 35.9 Å². The first-order valence-electron chi connectivity index (χ1n) is 5.57. The summed E-state index contributed by atoms with van der Waals surface area (Å²) < 4.78 is 0. The van der Waals surface area contributed by atoms with E-state index in [4.69, 9.17) is 11.6 Å². The van der Waals surface area contributed by atoms with Gasteiger partial charge in [0.15, 0.2) is 5.82 Å². The maximum Gasteiger partial charge on any atom is 0.161 e. The van der Waals surface area contributed by atoms with Crippen LogP contribution in [0, 0.1) is 27.7 Å². The summed E-state index contributed by atoms with van der Waals surface area (Å²) in [4.78, 5) is 8.81. The molecule has 0 radical (unpaired) electrons. The number of hydrogen-bond acceptors (Lipinski definition) is 2. The molecule has 1 aromatic heterocycles. The third-order valence-electron chi connectivity index (χ3n) is 3.09. The van der Waals surface area contributed by atoms with Crippen molar-refractivity contribution in [1.29, 1.82) is 0 Å². The molecular weight excluding hydrogens is 232 g/mol. The fraction of sp³-hybridized carbons (Fsp3) is 0.286. The molecule has 88 valence electrons. The van der Waals surface area contributed by atoms with Crippen LogP contribution in [0.25, 0.3) is 11.4 Å². The van der Waals surface area contributed by atoms with Crippen molar-refractivity contribution < 1.29 is 0 Å². The highest BCUT2D eigenvalue weighted by Gasteiger charge is 2.08. The minimum atomic E-state index is 0.533. The lowest BCUT2D eigenvalue weighted by Gasteiger charge is -2.07. The van der Waals surface area contributed by atoms with Gasteiger partial charge in [0, 0.05) is 16.8 Å². The molecule has 1 aromatic carbocycles. The normalized spacial score (nSPS) is 10.6. The Labute approximate surface area is 107 Å². The number of rotatable bonds is 1. The second kappa shape index (κ2) is 4.46. The first kappa shape index (κ1) is 12.1. The second-order valence-corrected chi connectivity index (χ2v) is 4.71. The predicted octanol–water partition coefficient (Wildman–Crippen LogP) is 4.03. The Morgan fingerprint density at radius 2 is 1.65 bits per heavy atom. The first-order chi connectivity index (χ1) is 7.99. The van der Waals surface area contributed by atoms with Gasteiger partial charge in [0.25, 0.3) is 0 Å². The van der Waals surface area contributed by atoms with E-state index in [-0.39, 0.29) is 0 Å². The summed E-state index contributed by atoms with van der Waals surface area (Å²) in [5.74, 6) is 0.696. The van der Waals surface area contributed by atoms with Gasteiger partial charge in [-0.05, 0) is 44.9 Å². The fourth-order valence-electron chi connectivity index (χ4n) is 1.60. The summed E-state index contributed by atoms with van der Waals surface area (Å²) in [6.07, 6.45) is 0. The van der Waals surface area contributed by atoms with E-state index in [1.54, 1.807) is 0 Å². The highest BCUT2D eigenvalue weighted by atomic mass is 35.5. The summed E-state index contributed by atoms with van der Waals surface area (Å²) in [6.45, 7) is 8.06. The molecule has 0 bridgehead atoms. The fourth-order valence-corrected chi connectivity index (χ4v) is 1.82. The van der Waals surface area contributed by atoms with Crippen LogP contribution in [0.1, 0.15) is 22.4 Å². The van der Waals surface area contributed by atoms with Gasteiger partial charge in [-0.1, -0.05) is 23.7 Å². The molecule has 17 heavy (non-hydrogen) atoms. The van der Waals surface area contributed by atoms with Crippen molar-refractivity contribution in [1.82, 2.24) is 9.97 Å². The van der Waals surface area contributed by atoms with Gasteiger partial charge in [-0.3, -0.25) is 0 Å². The van der Waals surface area contributed by atoms with E-state index in [1.807, 2.05) is 19.9 Å². The maximum atomic E-state index is 6.09. The Morgan fingerprint density at radius 3 is 2.24 bits per heavy atom. The Morgan fingerprint density at radius 1 is 0.941 bits per heavy atom. The summed E-state index contributed by atoms with van der Waals surface area (Å²) >= 11 is 6.09. The summed E-state index contributed by atoms with van der Waals surface area (Å²) in [7, 11) is 0. The van der Waals surface area contributed by atoms with Gasteiger partial charge in [-0.25, -0.2) is 9.97 Å². The lowest BCUT2D eigenvalue weighted by molar-refractivity contribution is 1.07. The largest absolute Gasteiger partial charge is 0.233 e. The Kier molecular flexibility index (Phi) is 3.16. The third-order valence-corrected chi connectivity index (χ3v) is 3.46. The molecule has 0 N–H and O–H groups in total. The number of aromatic nitrogens is 2. The SMILES string of the molecule is Cc1ccc(-c2nc(C)c(C)c(Cl)n2)cc1C. The number of hydrogen-bond donors (Lipinski definition) is 0. The van der Waals surface area contributed by atoms with Crippen molar-refractivity contribution in [2.24, 2.45) is 0 Å². The van der Waals surface area contributed by atoms with Crippen LogP contribution < -0.4 is 0 Å². The molecule has 0 atom stereocenters. The molecule has 0 aliphatic carbocycles. The molecular formula is C14H15ClN2. The standard InChI is InChI=1S/C14H15ClN2/c1-8-5-6-12(7-9(8)2)14-16-11(4)10(3)13(15)17-14/h5-7H,1-4H3. The highest BCUT2D eigenvalue weighted by molar-refractivity contribution is 6.30. The van der Waals surface area contributed by atoms with Crippen LogP contribution >= 0.6 is 11.6 Å². The molecule has 0 unspecified atom stereocenters. The van der Waals surface area contributed by atoms with Crippen molar-refractivity contribution >= 4 is 11.6 Å². The second-order valence-electron chi connectivity index (χ2n) is 4.35. The van der Waals surface area contributed by atoms with Crippen molar-refractivity contribution in [3.05, 3.63) is 45.7 Å². The van der Waals surface area contributed by atoms with Crippen LogP contribution in [0.4, 0.5) is 0 Å². The number of halogens is 1. The van der Waals surface area contributed by atoms with E-state index < -0.39 is 0 Å². The van der Waals surface area contributed by atoms with Crippen molar-refractivity contribution in [3.63, 3.8) is 0 Å². The molecule has 0 saturated carbocycles. The van der Waals surface area contributed by atoms with Gasteiger partial charge < -0.3 is 0 Å². The van der Waals surface area contributed by atoms with Crippen molar-refractivity contribution in [2.75, 3.05) is 0 Å². The van der Waals surface area contributed by atoms with Crippen LogP contribution in [0.3, 0.4) is 0 Å². The van der Waals surface area contributed by atoms with Gasteiger partial charge in [-0.2, -0.15) is 0 Å². The third kappa shape index (κ3) is 2.32. The average molecular weight is 247 g/mol. The minimum absolute atomic E-state index is 0.533. The van der Waals surface area contributed by atoms with E-state index >= 15 is 0 Å². The zero-order valence-corrected chi connectivity index (χ0v) is 11.3. The summed E-state index contributed by atoms with van der Waals surface area (Å²) in [5.41, 5.74) is 5.39. The predicted molar refractivity (Wildman–Crippen MR) is 71.4 cm³/mol. The number of benzene rings is 1. The van der Waals surface area contributed by atoms with Crippen LogP contribution in [-0.2, 0) is 0 Å². The molecule has 2 nitrogen and oxygen atoms in total. The van der Waals surface area contributed by atoms with E-state index in [9.17, 15) is 0 Å². The molecule has 2 aromatic rings. The van der Waals surface area contributed by atoms with Crippen LogP contribution in [-0.4, -0.2) is 9.97 Å². The lowest BCUT2D eigenvalue weighted by Crippen LogP contribution is -1.97. The monoisotopic (exact) mass is 246 g/mol. The van der Waals surface area contributed by atoms with Gasteiger partial charge in [-0.15, -0.1) is 0 Å². The average Bonchev–Trinajstić information content (AvgIpc) is 2.29. The van der Waals surface area contributed by atoms with Crippen molar-refractivity contribution in [3.8, 4) is 11.4 Å². The quantitative estimate of drug-likeness (QED) is 0.710. The summed E-state index contributed by atoms with van der Waals surface area (Å²) in [5, 5.41) is 0.533. The molecule has 0 spiro atoms. The molecule has 0 amide bonds. The van der Waals surface area contributed by atoms with E-state index in [0.717, 1.165) is 16.8 Å². The molecule has 0 saturated heterocycles. The van der Waals surface area contributed by atoms with E-state index in [0.29, 0.717) is 11.0 Å². The molecule has 3 heteroatoms. The van der Waals surface area contributed by atoms with Gasteiger partial charge >= 0.3 is 0 Å². The molecule has 2 rings (SSSR count). The maximum absolute atomic E-state index is 6.09. The highest BCUT2D eigenvalue weighted by Crippen LogP contribution is 2.23. The lowest BCUT2D eigenvalue weighted by atomic mass is 10.1. The Hall–Kier alpha value is -1.41. The van der Waals surface area contributed by atoms with E-state index in [1.165, 1.54) is 11.1 Å². The summed E-state index contributed by atoms with van der Waals surface area (Å²) in [6, 6.07) is 6.20. The zero-order chi connectivity index (χ0) is 12.6. The van der Waals surface area contributed by atoms with Crippen molar-refractivity contribution in [2.45, 2.75) is 27.7 Å². The first-order valence-corrected chi connectivity index (χ1v) is 5.95. The zero-order valence-electron chi connectivity index (χ0n) is 10.5. The molecule has 0 aliphatic rings.